The van der Waals surface area contributed by atoms with E-state index in [0.717, 1.165) is 6.40 Å². The average molecular weight is 110 g/mol. The van der Waals surface area contributed by atoms with Crippen LogP contribution in [0.15, 0.2) is 17.6 Å². The van der Waals surface area contributed by atoms with Crippen LogP contribution in [-0.2, 0) is 4.74 Å². The maximum Gasteiger partial charge on any atom is 0.208 e. The standard InChI is InChI=1S/C5H6N2O/c1-2-3-8-5-7-4-6/h2,5H,1,3H2. The van der Waals surface area contributed by atoms with Crippen LogP contribution in [0.3, 0.4) is 0 Å². The van der Waals surface area contributed by atoms with Gasteiger partial charge in [-0.15, -0.1) is 4.99 Å². The molecule has 0 fully saturated rings. The van der Waals surface area contributed by atoms with Gasteiger partial charge in [-0.3, -0.25) is 0 Å². The molecule has 42 valence electrons. The van der Waals surface area contributed by atoms with E-state index in [-0.39, 0.29) is 0 Å². The first-order valence-electron chi connectivity index (χ1n) is 2.05. The molecule has 0 atom stereocenters. The summed E-state index contributed by atoms with van der Waals surface area (Å²) in [6, 6.07) is 0. The molecule has 0 saturated carbocycles. The molecule has 3 nitrogen and oxygen atoms in total. The Morgan fingerprint density at radius 1 is 1.88 bits per heavy atom. The zero-order valence-corrected chi connectivity index (χ0v) is 4.37. The van der Waals surface area contributed by atoms with Crippen LogP contribution in [0.2, 0.25) is 0 Å². The summed E-state index contributed by atoms with van der Waals surface area (Å²) in [7, 11) is 0. The lowest BCUT2D eigenvalue weighted by Crippen LogP contribution is -1.84. The van der Waals surface area contributed by atoms with Gasteiger partial charge in [0.15, 0.2) is 6.40 Å². The molecule has 0 amide bonds. The number of nitrogens with zero attached hydrogens (tertiary/aromatic N) is 2. The molecule has 0 saturated heterocycles. The average Bonchev–Trinajstić information content (AvgIpc) is 1.81. The molecule has 0 heterocycles. The Hall–Kier alpha value is -1.30. The van der Waals surface area contributed by atoms with Gasteiger partial charge in [-0.2, -0.15) is 5.26 Å². The van der Waals surface area contributed by atoms with Gasteiger partial charge in [-0.1, -0.05) is 12.7 Å². The Bertz CT molecular complexity index is 123. The first-order valence-corrected chi connectivity index (χ1v) is 2.05. The molecule has 0 aromatic carbocycles. The third kappa shape index (κ3) is 4.70. The van der Waals surface area contributed by atoms with E-state index in [9.17, 15) is 0 Å². The van der Waals surface area contributed by atoms with Crippen LogP contribution in [0, 0.1) is 11.5 Å². The van der Waals surface area contributed by atoms with Gasteiger partial charge in [0.1, 0.15) is 6.61 Å². The minimum absolute atomic E-state index is 0.394. The van der Waals surface area contributed by atoms with Gasteiger partial charge < -0.3 is 4.74 Å². The summed E-state index contributed by atoms with van der Waals surface area (Å²) < 4.78 is 4.59. The summed E-state index contributed by atoms with van der Waals surface area (Å²) in [5, 5.41) is 7.81. The van der Waals surface area contributed by atoms with Crippen molar-refractivity contribution in [1.29, 1.82) is 5.26 Å². The lowest BCUT2D eigenvalue weighted by Gasteiger charge is -1.86. The Kier molecular flexibility index (Phi) is 4.77. The maximum atomic E-state index is 7.81. The number of nitriles is 1. The van der Waals surface area contributed by atoms with E-state index in [1.165, 1.54) is 6.19 Å². The maximum absolute atomic E-state index is 7.81. The third-order valence-corrected chi connectivity index (χ3v) is 0.399. The van der Waals surface area contributed by atoms with Crippen molar-refractivity contribution in [2.75, 3.05) is 6.61 Å². The van der Waals surface area contributed by atoms with Crippen molar-refractivity contribution >= 4 is 6.40 Å². The van der Waals surface area contributed by atoms with E-state index in [1.807, 2.05) is 0 Å². The molecule has 0 N–H and O–H groups in total. The van der Waals surface area contributed by atoms with E-state index in [0.29, 0.717) is 6.61 Å². The monoisotopic (exact) mass is 110 g/mol. The highest BCUT2D eigenvalue weighted by atomic mass is 16.5. The van der Waals surface area contributed by atoms with Crippen molar-refractivity contribution in [2.45, 2.75) is 0 Å². The summed E-state index contributed by atoms with van der Waals surface area (Å²) in [4.78, 5) is 3.12. The second-order valence-electron chi connectivity index (χ2n) is 0.957. The van der Waals surface area contributed by atoms with Gasteiger partial charge in [-0.25, -0.2) is 0 Å². The molecular formula is C5H6N2O. The molecule has 0 aliphatic rings. The first kappa shape index (κ1) is 6.70. The molecule has 0 spiro atoms. The number of aliphatic imine (C=N–C) groups is 1. The first-order chi connectivity index (χ1) is 3.91. The van der Waals surface area contributed by atoms with Crippen molar-refractivity contribution < 1.29 is 4.74 Å². The van der Waals surface area contributed by atoms with Crippen molar-refractivity contribution in [2.24, 2.45) is 4.99 Å². The van der Waals surface area contributed by atoms with Gasteiger partial charge in [-0.05, 0) is 0 Å². The Balaban J connectivity index is 3.06. The minimum atomic E-state index is 0.394. The number of ether oxygens (including phenoxy) is 1. The van der Waals surface area contributed by atoms with Crippen molar-refractivity contribution in [3.63, 3.8) is 0 Å². The molecule has 0 aromatic rings. The summed E-state index contributed by atoms with van der Waals surface area (Å²) in [5.74, 6) is 0. The smallest absolute Gasteiger partial charge is 0.208 e. The Morgan fingerprint density at radius 3 is 3.12 bits per heavy atom. The quantitative estimate of drug-likeness (QED) is 0.176. The van der Waals surface area contributed by atoms with E-state index >= 15 is 0 Å². The molecule has 8 heavy (non-hydrogen) atoms. The minimum Gasteiger partial charge on any atom is -0.478 e. The molecule has 0 radical (unpaired) electrons. The molecule has 3 heteroatoms. The fourth-order valence-electron chi connectivity index (χ4n) is 0.172. The second kappa shape index (κ2) is 5.70. The summed E-state index contributed by atoms with van der Waals surface area (Å²) in [6.07, 6.45) is 4.19. The predicted molar refractivity (Wildman–Crippen MR) is 30.3 cm³/mol. The lowest BCUT2D eigenvalue weighted by atomic mass is 10.7. The fourth-order valence-corrected chi connectivity index (χ4v) is 0.172. The van der Waals surface area contributed by atoms with E-state index < -0.39 is 0 Å². The van der Waals surface area contributed by atoms with Gasteiger partial charge in [0.2, 0.25) is 6.19 Å². The Labute approximate surface area is 47.9 Å². The van der Waals surface area contributed by atoms with Crippen molar-refractivity contribution in [3.8, 4) is 6.19 Å². The number of hydrogen-bond donors (Lipinski definition) is 0. The Morgan fingerprint density at radius 2 is 2.62 bits per heavy atom. The highest BCUT2D eigenvalue weighted by molar-refractivity contribution is 5.47. The van der Waals surface area contributed by atoms with Gasteiger partial charge in [0.05, 0.1) is 0 Å². The van der Waals surface area contributed by atoms with Crippen molar-refractivity contribution in [1.82, 2.24) is 0 Å². The topological polar surface area (TPSA) is 45.4 Å². The number of rotatable bonds is 3. The zero-order chi connectivity index (χ0) is 6.24. The normalized spacial score (nSPS) is 8.38. The van der Waals surface area contributed by atoms with Crippen LogP contribution in [0.1, 0.15) is 0 Å². The molecule has 0 aliphatic heterocycles. The third-order valence-electron chi connectivity index (χ3n) is 0.399. The van der Waals surface area contributed by atoms with Crippen LogP contribution in [0.5, 0.6) is 0 Å². The van der Waals surface area contributed by atoms with E-state index in [2.05, 4.69) is 16.3 Å². The van der Waals surface area contributed by atoms with Crippen LogP contribution in [-0.4, -0.2) is 13.0 Å². The zero-order valence-electron chi connectivity index (χ0n) is 4.37. The molecule has 0 unspecified atom stereocenters. The van der Waals surface area contributed by atoms with Gasteiger partial charge in [0, 0.05) is 0 Å². The van der Waals surface area contributed by atoms with Gasteiger partial charge in [0.25, 0.3) is 0 Å². The predicted octanol–water partition coefficient (Wildman–Crippen LogP) is 0.698. The molecule has 0 rings (SSSR count). The van der Waals surface area contributed by atoms with E-state index in [4.69, 9.17) is 5.26 Å². The molecule has 0 aromatic heterocycles. The van der Waals surface area contributed by atoms with Crippen LogP contribution >= 0.6 is 0 Å². The van der Waals surface area contributed by atoms with E-state index in [1.54, 1.807) is 6.08 Å². The molecule has 0 aliphatic carbocycles. The summed E-state index contributed by atoms with van der Waals surface area (Å²) >= 11 is 0. The highest BCUT2D eigenvalue weighted by Crippen LogP contribution is 1.67. The summed E-state index contributed by atoms with van der Waals surface area (Å²) in [6.45, 7) is 3.78. The lowest BCUT2D eigenvalue weighted by molar-refractivity contribution is 0.368. The number of hydrogen-bond acceptors (Lipinski definition) is 3. The summed E-state index contributed by atoms with van der Waals surface area (Å²) in [5.41, 5.74) is 0. The van der Waals surface area contributed by atoms with Crippen LogP contribution < -0.4 is 0 Å². The van der Waals surface area contributed by atoms with Crippen LogP contribution in [0.25, 0.3) is 0 Å². The largest absolute Gasteiger partial charge is 0.478 e. The van der Waals surface area contributed by atoms with Crippen molar-refractivity contribution in [3.05, 3.63) is 12.7 Å². The fraction of sp³-hybridized carbons (Fsp3) is 0.200. The second-order valence-corrected chi connectivity index (χ2v) is 0.957. The SMILES string of the molecule is C=CCOC=NC#N. The van der Waals surface area contributed by atoms with Gasteiger partial charge >= 0.3 is 0 Å². The molecule has 0 bridgehead atoms. The van der Waals surface area contributed by atoms with Crippen LogP contribution in [0.4, 0.5) is 0 Å². The highest BCUT2D eigenvalue weighted by Gasteiger charge is 1.67. The molecular weight excluding hydrogens is 104 g/mol.